The van der Waals surface area contributed by atoms with Gasteiger partial charge in [0.2, 0.25) is 0 Å². The molecule has 0 unspecified atom stereocenters. The van der Waals surface area contributed by atoms with Crippen LogP contribution in [-0.4, -0.2) is 29.9 Å². The van der Waals surface area contributed by atoms with Gasteiger partial charge in [0.25, 0.3) is 5.91 Å². The molecule has 4 aromatic rings. The number of anilines is 1. The van der Waals surface area contributed by atoms with Crippen molar-refractivity contribution >= 4 is 28.4 Å². The molecule has 142 valence electrons. The van der Waals surface area contributed by atoms with Crippen LogP contribution < -0.4 is 11.5 Å². The van der Waals surface area contributed by atoms with Crippen LogP contribution in [0.15, 0.2) is 24.5 Å². The standard InChI is InChI=1S/C20H20N6O2/c1-9-3-6-12(27)10(2)15(9)26-16(21)13(17(22)28)14-19-23-7-8-25(19)18(11-4-5-11)24-20(14)26/h3,6-8,11,27H,4-5,21H2,1-2H3,(H2,22,28). The maximum Gasteiger partial charge on any atom is 0.253 e. The molecule has 8 heteroatoms. The van der Waals surface area contributed by atoms with Gasteiger partial charge in [-0.2, -0.15) is 0 Å². The Morgan fingerprint density at radius 3 is 2.68 bits per heavy atom. The van der Waals surface area contributed by atoms with E-state index >= 15 is 0 Å². The van der Waals surface area contributed by atoms with Gasteiger partial charge >= 0.3 is 0 Å². The van der Waals surface area contributed by atoms with Crippen molar-refractivity contribution in [3.05, 3.63) is 47.0 Å². The molecular formula is C20H20N6O2. The largest absolute Gasteiger partial charge is 0.508 e. The maximum absolute atomic E-state index is 12.3. The molecular weight excluding hydrogens is 356 g/mol. The molecule has 0 saturated heterocycles. The number of phenols is 1. The van der Waals surface area contributed by atoms with Gasteiger partial charge in [-0.05, 0) is 38.3 Å². The van der Waals surface area contributed by atoms with Gasteiger partial charge in [0.15, 0.2) is 5.65 Å². The summed E-state index contributed by atoms with van der Waals surface area (Å²) in [6.45, 7) is 3.73. The highest BCUT2D eigenvalue weighted by atomic mass is 16.3. The maximum atomic E-state index is 12.3. The number of primary amides is 1. The molecule has 3 heterocycles. The van der Waals surface area contributed by atoms with E-state index in [0.717, 1.165) is 24.2 Å². The second-order valence-electron chi connectivity index (χ2n) is 7.40. The Hall–Kier alpha value is -3.55. The summed E-state index contributed by atoms with van der Waals surface area (Å²) in [7, 11) is 0. The average molecular weight is 376 g/mol. The molecule has 3 aromatic heterocycles. The van der Waals surface area contributed by atoms with Crippen molar-refractivity contribution < 1.29 is 9.90 Å². The van der Waals surface area contributed by atoms with Gasteiger partial charge in [-0.15, -0.1) is 0 Å². The highest BCUT2D eigenvalue weighted by molar-refractivity contribution is 6.15. The molecule has 0 atom stereocenters. The Balaban J connectivity index is 2.01. The molecule has 5 N–H and O–H groups in total. The third kappa shape index (κ3) is 2.08. The number of amides is 1. The lowest BCUT2D eigenvalue weighted by molar-refractivity contribution is 0.100. The van der Waals surface area contributed by atoms with Crippen LogP contribution in [0.2, 0.25) is 0 Å². The summed E-state index contributed by atoms with van der Waals surface area (Å²) in [6.07, 6.45) is 5.66. The van der Waals surface area contributed by atoms with Crippen LogP contribution in [0.25, 0.3) is 22.4 Å². The van der Waals surface area contributed by atoms with Crippen LogP contribution in [0.5, 0.6) is 5.75 Å². The zero-order valence-electron chi connectivity index (χ0n) is 15.6. The monoisotopic (exact) mass is 376 g/mol. The number of phenolic OH excluding ortho intramolecular Hbond substituents is 1. The van der Waals surface area contributed by atoms with Crippen molar-refractivity contribution in [1.82, 2.24) is 18.9 Å². The first kappa shape index (κ1) is 16.6. The minimum Gasteiger partial charge on any atom is -0.508 e. The Labute approximate surface area is 160 Å². The van der Waals surface area contributed by atoms with E-state index < -0.39 is 5.91 Å². The van der Waals surface area contributed by atoms with Crippen molar-refractivity contribution in [3.8, 4) is 11.4 Å². The van der Waals surface area contributed by atoms with Crippen LogP contribution in [-0.2, 0) is 0 Å². The smallest absolute Gasteiger partial charge is 0.253 e. The van der Waals surface area contributed by atoms with E-state index in [1.54, 1.807) is 16.8 Å². The molecule has 0 spiro atoms. The summed E-state index contributed by atoms with van der Waals surface area (Å²) in [5, 5.41) is 10.8. The Bertz CT molecular complexity index is 1300. The number of carbonyl (C=O) groups excluding carboxylic acids is 1. The molecule has 0 aliphatic heterocycles. The third-order valence-corrected chi connectivity index (χ3v) is 5.53. The fourth-order valence-corrected chi connectivity index (χ4v) is 4.01. The molecule has 8 nitrogen and oxygen atoms in total. The molecule has 1 saturated carbocycles. The molecule has 0 radical (unpaired) electrons. The molecule has 1 aromatic carbocycles. The van der Waals surface area contributed by atoms with Crippen molar-refractivity contribution in [3.63, 3.8) is 0 Å². The zero-order valence-corrected chi connectivity index (χ0v) is 15.6. The summed E-state index contributed by atoms with van der Waals surface area (Å²) < 4.78 is 3.64. The minimum absolute atomic E-state index is 0.145. The topological polar surface area (TPSA) is 124 Å². The summed E-state index contributed by atoms with van der Waals surface area (Å²) >= 11 is 0. The van der Waals surface area contributed by atoms with E-state index in [-0.39, 0.29) is 17.1 Å². The number of benzene rings is 1. The number of hydrogen-bond donors (Lipinski definition) is 3. The van der Waals surface area contributed by atoms with Crippen molar-refractivity contribution in [2.24, 2.45) is 5.73 Å². The lowest BCUT2D eigenvalue weighted by atomic mass is 10.1. The SMILES string of the molecule is Cc1ccc(O)c(C)c1-n1c(N)c(C(N)=O)c2c1nc(C1CC1)n1ccnc21. The van der Waals surface area contributed by atoms with Gasteiger partial charge < -0.3 is 16.6 Å². The Morgan fingerprint density at radius 1 is 1.25 bits per heavy atom. The first-order chi connectivity index (χ1) is 13.4. The van der Waals surface area contributed by atoms with Crippen molar-refractivity contribution in [2.75, 3.05) is 5.73 Å². The highest BCUT2D eigenvalue weighted by Crippen LogP contribution is 2.42. The molecule has 1 fully saturated rings. The van der Waals surface area contributed by atoms with Gasteiger partial charge in [-0.25, -0.2) is 9.97 Å². The summed E-state index contributed by atoms with van der Waals surface area (Å²) in [4.78, 5) is 21.7. The van der Waals surface area contributed by atoms with E-state index in [4.69, 9.17) is 16.5 Å². The lowest BCUT2D eigenvalue weighted by Gasteiger charge is -2.15. The summed E-state index contributed by atoms with van der Waals surface area (Å²) in [5.74, 6) is 0.957. The van der Waals surface area contributed by atoms with Crippen LogP contribution >= 0.6 is 0 Å². The second-order valence-corrected chi connectivity index (χ2v) is 7.40. The summed E-state index contributed by atoms with van der Waals surface area (Å²) in [6, 6.07) is 3.45. The summed E-state index contributed by atoms with van der Waals surface area (Å²) in [5.41, 5.74) is 15.7. The van der Waals surface area contributed by atoms with E-state index in [1.165, 1.54) is 0 Å². The van der Waals surface area contributed by atoms with Gasteiger partial charge in [-0.3, -0.25) is 13.8 Å². The number of nitrogen functional groups attached to an aromatic ring is 1. The molecule has 1 aliphatic carbocycles. The third-order valence-electron chi connectivity index (χ3n) is 5.53. The molecule has 1 amide bonds. The number of imidazole rings is 1. The van der Waals surface area contributed by atoms with Gasteiger partial charge in [-0.1, -0.05) is 6.07 Å². The van der Waals surface area contributed by atoms with Gasteiger partial charge in [0.05, 0.1) is 16.6 Å². The fourth-order valence-electron chi connectivity index (χ4n) is 4.01. The van der Waals surface area contributed by atoms with Crippen LogP contribution in [0.1, 0.15) is 46.1 Å². The van der Waals surface area contributed by atoms with E-state index in [0.29, 0.717) is 33.8 Å². The van der Waals surface area contributed by atoms with Crippen molar-refractivity contribution in [1.29, 1.82) is 0 Å². The second kappa shape index (κ2) is 5.48. The molecule has 5 rings (SSSR count). The number of fused-ring (bicyclic) bond motifs is 3. The Kier molecular flexibility index (Phi) is 3.25. The number of aryl methyl sites for hydroxylation is 1. The fraction of sp³-hybridized carbons (Fsp3) is 0.250. The van der Waals surface area contributed by atoms with E-state index in [1.807, 2.05) is 30.5 Å². The number of aromatic nitrogens is 4. The lowest BCUT2D eigenvalue weighted by Crippen LogP contribution is -2.14. The normalized spacial score (nSPS) is 14.2. The molecule has 0 bridgehead atoms. The average Bonchev–Trinajstić information content (AvgIpc) is 3.30. The van der Waals surface area contributed by atoms with Gasteiger partial charge in [0.1, 0.15) is 23.0 Å². The van der Waals surface area contributed by atoms with E-state index in [2.05, 4.69) is 4.98 Å². The minimum atomic E-state index is -0.636. The molecule has 28 heavy (non-hydrogen) atoms. The van der Waals surface area contributed by atoms with Crippen LogP contribution in [0, 0.1) is 13.8 Å². The van der Waals surface area contributed by atoms with Crippen LogP contribution in [0.3, 0.4) is 0 Å². The number of nitrogens with two attached hydrogens (primary N) is 2. The number of nitrogens with zero attached hydrogens (tertiary/aromatic N) is 4. The van der Waals surface area contributed by atoms with Crippen molar-refractivity contribution in [2.45, 2.75) is 32.6 Å². The first-order valence-electron chi connectivity index (χ1n) is 9.16. The first-order valence-corrected chi connectivity index (χ1v) is 9.16. The number of aromatic hydroxyl groups is 1. The Morgan fingerprint density at radius 2 is 2.00 bits per heavy atom. The number of rotatable bonds is 3. The van der Waals surface area contributed by atoms with Crippen LogP contribution in [0.4, 0.5) is 5.82 Å². The number of hydrogen-bond acceptors (Lipinski definition) is 5. The quantitative estimate of drug-likeness (QED) is 0.507. The predicted octanol–water partition coefficient (Wildman–Crippen LogP) is 2.55. The predicted molar refractivity (Wildman–Crippen MR) is 106 cm³/mol. The van der Waals surface area contributed by atoms with Gasteiger partial charge in [0, 0.05) is 23.9 Å². The number of carbonyl (C=O) groups is 1. The van der Waals surface area contributed by atoms with E-state index in [9.17, 15) is 9.90 Å². The molecule has 1 aliphatic rings. The zero-order chi connectivity index (χ0) is 19.7. The highest BCUT2D eigenvalue weighted by Gasteiger charge is 2.32.